The van der Waals surface area contributed by atoms with Crippen LogP contribution in [0.2, 0.25) is 0 Å². The summed E-state index contributed by atoms with van der Waals surface area (Å²) >= 11 is 1.92. The van der Waals surface area contributed by atoms with E-state index < -0.39 is 0 Å². The molecule has 3 nitrogen and oxygen atoms in total. The van der Waals surface area contributed by atoms with Gasteiger partial charge in [0.25, 0.3) is 0 Å². The lowest BCUT2D eigenvalue weighted by molar-refractivity contribution is -0.144. The molecule has 13 heavy (non-hydrogen) atoms. The van der Waals surface area contributed by atoms with E-state index >= 15 is 0 Å². The largest absolute Gasteiger partial charge is 0.468 e. The zero-order valence-electron chi connectivity index (χ0n) is 8.21. The number of methoxy groups -OCH3 is 1. The maximum Gasteiger partial charge on any atom is 0.323 e. The molecule has 2 atom stereocenters. The van der Waals surface area contributed by atoms with Crippen LogP contribution < -0.4 is 5.32 Å². The van der Waals surface area contributed by atoms with Crippen LogP contribution in [0.5, 0.6) is 0 Å². The van der Waals surface area contributed by atoms with Gasteiger partial charge in [-0.25, -0.2) is 0 Å². The Kier molecular flexibility index (Phi) is 4.59. The SMILES string of the molecule is CCNC(C(=O)OC)C1CCSC1. The molecule has 0 spiro atoms. The van der Waals surface area contributed by atoms with E-state index in [9.17, 15) is 4.79 Å². The van der Waals surface area contributed by atoms with Gasteiger partial charge < -0.3 is 10.1 Å². The van der Waals surface area contributed by atoms with E-state index in [4.69, 9.17) is 4.74 Å². The van der Waals surface area contributed by atoms with E-state index in [0.717, 1.165) is 18.7 Å². The summed E-state index contributed by atoms with van der Waals surface area (Å²) in [6.45, 7) is 2.83. The molecule has 0 radical (unpaired) electrons. The first-order valence-electron chi connectivity index (χ1n) is 4.68. The van der Waals surface area contributed by atoms with Crippen LogP contribution >= 0.6 is 11.8 Å². The Morgan fingerprint density at radius 2 is 2.54 bits per heavy atom. The van der Waals surface area contributed by atoms with E-state index in [2.05, 4.69) is 5.32 Å². The van der Waals surface area contributed by atoms with Crippen LogP contribution in [0.25, 0.3) is 0 Å². The highest BCUT2D eigenvalue weighted by molar-refractivity contribution is 7.99. The fraction of sp³-hybridized carbons (Fsp3) is 0.889. The molecule has 1 aliphatic rings. The lowest BCUT2D eigenvalue weighted by Crippen LogP contribution is -2.43. The molecule has 4 heteroatoms. The number of carbonyl (C=O) groups excluding carboxylic acids is 1. The van der Waals surface area contributed by atoms with Gasteiger partial charge >= 0.3 is 5.97 Å². The Labute approximate surface area is 83.6 Å². The topological polar surface area (TPSA) is 38.3 Å². The van der Waals surface area contributed by atoms with Crippen molar-refractivity contribution in [2.75, 3.05) is 25.2 Å². The summed E-state index contributed by atoms with van der Waals surface area (Å²) in [5.41, 5.74) is 0. The van der Waals surface area contributed by atoms with Crippen LogP contribution in [0, 0.1) is 5.92 Å². The van der Waals surface area contributed by atoms with Gasteiger partial charge in [0.15, 0.2) is 0 Å². The first-order chi connectivity index (χ1) is 6.29. The monoisotopic (exact) mass is 203 g/mol. The molecule has 76 valence electrons. The molecule has 0 aromatic rings. The van der Waals surface area contributed by atoms with Crippen LogP contribution in [0.15, 0.2) is 0 Å². The number of thioether (sulfide) groups is 1. The zero-order chi connectivity index (χ0) is 9.68. The Balaban J connectivity index is 2.49. The second kappa shape index (κ2) is 5.50. The second-order valence-corrected chi connectivity index (χ2v) is 4.33. The number of carbonyl (C=O) groups is 1. The second-order valence-electron chi connectivity index (χ2n) is 3.18. The first kappa shape index (κ1) is 10.9. The van der Waals surface area contributed by atoms with E-state index in [0.29, 0.717) is 5.92 Å². The van der Waals surface area contributed by atoms with Gasteiger partial charge in [-0.15, -0.1) is 0 Å². The molecule has 0 bridgehead atoms. The Morgan fingerprint density at radius 1 is 1.77 bits per heavy atom. The van der Waals surface area contributed by atoms with Gasteiger partial charge in [-0.1, -0.05) is 6.92 Å². The summed E-state index contributed by atoms with van der Waals surface area (Å²) < 4.78 is 4.77. The third-order valence-corrected chi connectivity index (χ3v) is 3.50. The van der Waals surface area contributed by atoms with Gasteiger partial charge in [0.2, 0.25) is 0 Å². The molecule has 1 N–H and O–H groups in total. The molecule has 2 unspecified atom stereocenters. The normalized spacial score (nSPS) is 24.3. The van der Waals surface area contributed by atoms with Crippen LogP contribution in [-0.2, 0) is 9.53 Å². The molecule has 1 fully saturated rings. The number of esters is 1. The predicted octanol–water partition coefficient (Wildman–Crippen LogP) is 0.891. The maximum absolute atomic E-state index is 11.4. The number of rotatable bonds is 4. The van der Waals surface area contributed by atoms with Crippen LogP contribution in [0.4, 0.5) is 0 Å². The summed E-state index contributed by atoms with van der Waals surface area (Å²) in [7, 11) is 1.45. The smallest absolute Gasteiger partial charge is 0.323 e. The highest BCUT2D eigenvalue weighted by Gasteiger charge is 2.30. The van der Waals surface area contributed by atoms with Crippen molar-refractivity contribution in [3.63, 3.8) is 0 Å². The Hall–Kier alpha value is -0.220. The van der Waals surface area contributed by atoms with Gasteiger partial charge in [0.1, 0.15) is 6.04 Å². The van der Waals surface area contributed by atoms with Crippen molar-refractivity contribution < 1.29 is 9.53 Å². The molecule has 0 aromatic heterocycles. The third kappa shape index (κ3) is 2.88. The minimum atomic E-state index is -0.116. The highest BCUT2D eigenvalue weighted by Crippen LogP contribution is 2.26. The fourth-order valence-electron chi connectivity index (χ4n) is 1.60. The van der Waals surface area contributed by atoms with Gasteiger partial charge in [0.05, 0.1) is 7.11 Å². The van der Waals surface area contributed by atoms with Crippen molar-refractivity contribution in [2.24, 2.45) is 5.92 Å². The predicted molar refractivity (Wildman–Crippen MR) is 54.9 cm³/mol. The molecule has 0 saturated carbocycles. The molecule has 1 heterocycles. The van der Waals surface area contributed by atoms with Gasteiger partial charge in [-0.3, -0.25) is 4.79 Å². The minimum absolute atomic E-state index is 0.0926. The highest BCUT2D eigenvalue weighted by atomic mass is 32.2. The Morgan fingerprint density at radius 3 is 3.00 bits per heavy atom. The van der Waals surface area contributed by atoms with Gasteiger partial charge in [-0.05, 0) is 30.4 Å². The minimum Gasteiger partial charge on any atom is -0.468 e. The number of hydrogen-bond donors (Lipinski definition) is 1. The summed E-state index contributed by atoms with van der Waals surface area (Å²) in [4.78, 5) is 11.4. The summed E-state index contributed by atoms with van der Waals surface area (Å²) in [5.74, 6) is 2.59. The Bertz CT molecular complexity index is 169. The van der Waals surface area contributed by atoms with E-state index in [1.165, 1.54) is 12.9 Å². The van der Waals surface area contributed by atoms with E-state index in [-0.39, 0.29) is 12.0 Å². The molecule has 1 aliphatic heterocycles. The van der Waals surface area contributed by atoms with Crippen molar-refractivity contribution >= 4 is 17.7 Å². The summed E-state index contributed by atoms with van der Waals surface area (Å²) in [6, 6.07) is -0.0926. The number of hydrogen-bond acceptors (Lipinski definition) is 4. The third-order valence-electron chi connectivity index (χ3n) is 2.32. The van der Waals surface area contributed by atoms with Crippen LogP contribution in [-0.4, -0.2) is 37.2 Å². The molecular formula is C9H17NO2S. The number of likely N-dealkylation sites (N-methyl/N-ethyl adjacent to an activating group) is 1. The molecule has 1 saturated heterocycles. The van der Waals surface area contributed by atoms with E-state index in [1.54, 1.807) is 0 Å². The average Bonchev–Trinajstić information content (AvgIpc) is 2.65. The zero-order valence-corrected chi connectivity index (χ0v) is 9.02. The molecular weight excluding hydrogens is 186 g/mol. The maximum atomic E-state index is 11.4. The van der Waals surface area contributed by atoms with E-state index in [1.807, 2.05) is 18.7 Å². The van der Waals surface area contributed by atoms with Gasteiger partial charge in [-0.2, -0.15) is 11.8 Å². The summed E-state index contributed by atoms with van der Waals surface area (Å²) in [6.07, 6.45) is 1.12. The van der Waals surface area contributed by atoms with Crippen molar-refractivity contribution in [1.82, 2.24) is 5.32 Å². The molecule has 0 aromatic carbocycles. The van der Waals surface area contributed by atoms with Crippen molar-refractivity contribution in [2.45, 2.75) is 19.4 Å². The van der Waals surface area contributed by atoms with Crippen molar-refractivity contribution in [3.05, 3.63) is 0 Å². The van der Waals surface area contributed by atoms with Crippen LogP contribution in [0.3, 0.4) is 0 Å². The quantitative estimate of drug-likeness (QED) is 0.689. The standard InChI is InChI=1S/C9H17NO2S/c1-3-10-8(9(11)12-2)7-4-5-13-6-7/h7-8,10H,3-6H2,1-2H3. The van der Waals surface area contributed by atoms with Crippen molar-refractivity contribution in [1.29, 1.82) is 0 Å². The van der Waals surface area contributed by atoms with Crippen LogP contribution in [0.1, 0.15) is 13.3 Å². The molecule has 0 aliphatic carbocycles. The first-order valence-corrected chi connectivity index (χ1v) is 5.84. The number of nitrogens with one attached hydrogen (secondary N) is 1. The average molecular weight is 203 g/mol. The molecule has 1 rings (SSSR count). The van der Waals surface area contributed by atoms with Gasteiger partial charge in [0, 0.05) is 0 Å². The lowest BCUT2D eigenvalue weighted by Gasteiger charge is -2.20. The van der Waals surface area contributed by atoms with Crippen molar-refractivity contribution in [3.8, 4) is 0 Å². The number of ether oxygens (including phenoxy) is 1. The summed E-state index contributed by atoms with van der Waals surface area (Å²) in [5, 5.41) is 3.19. The lowest BCUT2D eigenvalue weighted by atomic mass is 9.99. The molecule has 0 amide bonds. The fourth-order valence-corrected chi connectivity index (χ4v) is 2.90.